The molecule has 7 heteroatoms. The molecule has 0 bridgehead atoms. The molecule has 0 aliphatic heterocycles. The number of nitrogens with zero attached hydrogens (tertiary/aromatic N) is 2. The Morgan fingerprint density at radius 3 is 2.73 bits per heavy atom. The first-order chi connectivity index (χ1) is 12.7. The summed E-state index contributed by atoms with van der Waals surface area (Å²) in [4.78, 5) is 16.1. The van der Waals surface area contributed by atoms with E-state index in [0.717, 1.165) is 11.3 Å². The van der Waals surface area contributed by atoms with E-state index < -0.39 is 0 Å². The number of aromatic nitrogens is 2. The average molecular weight is 353 g/mol. The third-order valence-electron chi connectivity index (χ3n) is 3.57. The van der Waals surface area contributed by atoms with E-state index in [9.17, 15) is 4.79 Å². The zero-order chi connectivity index (χ0) is 18.2. The summed E-state index contributed by atoms with van der Waals surface area (Å²) < 4.78 is 15.8. The minimum atomic E-state index is -0.207. The van der Waals surface area contributed by atoms with Crippen LogP contribution >= 0.6 is 0 Å². The Bertz CT molecular complexity index is 849. The lowest BCUT2D eigenvalue weighted by Crippen LogP contribution is -2.30. The Labute approximate surface area is 150 Å². The fourth-order valence-corrected chi connectivity index (χ4v) is 2.26. The van der Waals surface area contributed by atoms with E-state index in [1.807, 2.05) is 42.5 Å². The van der Waals surface area contributed by atoms with Crippen LogP contribution in [0, 0.1) is 0 Å². The van der Waals surface area contributed by atoms with Gasteiger partial charge in [-0.05, 0) is 24.3 Å². The molecular formula is C19H19N3O4. The van der Waals surface area contributed by atoms with Crippen LogP contribution in [-0.4, -0.2) is 36.3 Å². The molecule has 7 nitrogen and oxygen atoms in total. The highest BCUT2D eigenvalue weighted by Gasteiger charge is 2.10. The monoisotopic (exact) mass is 353 g/mol. The van der Waals surface area contributed by atoms with Crippen LogP contribution in [0.2, 0.25) is 0 Å². The molecule has 1 N–H and O–H groups in total. The zero-order valence-corrected chi connectivity index (χ0v) is 14.3. The highest BCUT2D eigenvalue weighted by atomic mass is 16.5. The second-order valence-corrected chi connectivity index (χ2v) is 5.45. The first kappa shape index (κ1) is 17.5. The first-order valence-electron chi connectivity index (χ1n) is 8.16. The van der Waals surface area contributed by atoms with Crippen molar-refractivity contribution >= 4 is 5.91 Å². The number of hydrogen-bond donors (Lipinski definition) is 1. The van der Waals surface area contributed by atoms with Crippen molar-refractivity contribution in [2.24, 2.45) is 0 Å². The molecule has 0 radical (unpaired) electrons. The van der Waals surface area contributed by atoms with E-state index in [1.165, 1.54) is 0 Å². The van der Waals surface area contributed by atoms with Crippen LogP contribution in [-0.2, 0) is 11.2 Å². The molecule has 1 heterocycles. The topological polar surface area (TPSA) is 86.5 Å². The van der Waals surface area contributed by atoms with E-state index in [4.69, 9.17) is 14.0 Å². The lowest BCUT2D eigenvalue weighted by Gasteiger charge is -2.06. The molecule has 0 fully saturated rings. The third-order valence-corrected chi connectivity index (χ3v) is 3.57. The van der Waals surface area contributed by atoms with E-state index >= 15 is 0 Å². The van der Waals surface area contributed by atoms with Gasteiger partial charge >= 0.3 is 0 Å². The summed E-state index contributed by atoms with van der Waals surface area (Å²) in [6.07, 6.45) is 0.439. The van der Waals surface area contributed by atoms with Gasteiger partial charge in [0.2, 0.25) is 11.7 Å². The Morgan fingerprint density at radius 2 is 1.92 bits per heavy atom. The van der Waals surface area contributed by atoms with Gasteiger partial charge in [-0.15, -0.1) is 0 Å². The van der Waals surface area contributed by atoms with Gasteiger partial charge in [0.05, 0.1) is 7.11 Å². The van der Waals surface area contributed by atoms with E-state index in [0.29, 0.717) is 30.4 Å². The quantitative estimate of drug-likeness (QED) is 0.669. The lowest BCUT2D eigenvalue weighted by molar-refractivity contribution is -0.123. The summed E-state index contributed by atoms with van der Waals surface area (Å²) in [7, 11) is 1.60. The van der Waals surface area contributed by atoms with Crippen LogP contribution in [0.1, 0.15) is 5.89 Å². The average Bonchev–Trinajstić information content (AvgIpc) is 3.16. The summed E-state index contributed by atoms with van der Waals surface area (Å²) >= 11 is 0. The van der Waals surface area contributed by atoms with E-state index in [2.05, 4.69) is 15.5 Å². The standard InChI is InChI=1S/C19H19N3O4/c1-24-16-9-5-6-14(12-16)19-21-18(26-22-19)10-11-20-17(23)13-25-15-7-3-2-4-8-15/h2-9,12H,10-11,13H2,1H3,(H,20,23). The second kappa shape index (κ2) is 8.66. The van der Waals surface area contributed by atoms with Crippen LogP contribution in [0.15, 0.2) is 59.1 Å². The maximum Gasteiger partial charge on any atom is 0.257 e. The number of para-hydroxylation sites is 1. The van der Waals surface area contributed by atoms with Gasteiger partial charge in [-0.3, -0.25) is 4.79 Å². The summed E-state index contributed by atoms with van der Waals surface area (Å²) in [6.45, 7) is 0.347. The zero-order valence-electron chi connectivity index (χ0n) is 14.3. The SMILES string of the molecule is COc1cccc(-c2noc(CCNC(=O)COc3ccccc3)n2)c1. The predicted molar refractivity (Wildman–Crippen MR) is 94.9 cm³/mol. The third kappa shape index (κ3) is 4.83. The molecule has 0 aliphatic carbocycles. The molecule has 1 amide bonds. The molecule has 2 aromatic carbocycles. The Morgan fingerprint density at radius 1 is 1.12 bits per heavy atom. The molecule has 0 aliphatic rings. The number of methoxy groups -OCH3 is 1. The van der Waals surface area contributed by atoms with Gasteiger partial charge in [0.1, 0.15) is 11.5 Å². The van der Waals surface area contributed by atoms with Crippen molar-refractivity contribution in [2.75, 3.05) is 20.3 Å². The summed E-state index contributed by atoms with van der Waals surface area (Å²) in [5, 5.41) is 6.71. The molecule has 0 unspecified atom stereocenters. The lowest BCUT2D eigenvalue weighted by atomic mass is 10.2. The number of ether oxygens (including phenoxy) is 2. The number of carbonyl (C=O) groups excluding carboxylic acids is 1. The van der Waals surface area contributed by atoms with Crippen molar-refractivity contribution in [3.8, 4) is 22.9 Å². The molecule has 26 heavy (non-hydrogen) atoms. The molecule has 0 atom stereocenters. The Balaban J connectivity index is 1.45. The number of benzene rings is 2. The molecule has 134 valence electrons. The number of rotatable bonds is 8. The van der Waals surface area contributed by atoms with Gasteiger partial charge in [0, 0.05) is 18.5 Å². The first-order valence-corrected chi connectivity index (χ1v) is 8.16. The van der Waals surface area contributed by atoms with Crippen LogP contribution in [0.4, 0.5) is 0 Å². The van der Waals surface area contributed by atoms with E-state index in [1.54, 1.807) is 19.2 Å². The molecule has 3 aromatic rings. The minimum Gasteiger partial charge on any atom is -0.497 e. The van der Waals surface area contributed by atoms with Crippen molar-refractivity contribution in [1.29, 1.82) is 0 Å². The fourth-order valence-electron chi connectivity index (χ4n) is 2.26. The highest BCUT2D eigenvalue weighted by molar-refractivity contribution is 5.77. The van der Waals surface area contributed by atoms with Crippen LogP contribution < -0.4 is 14.8 Å². The van der Waals surface area contributed by atoms with Gasteiger partial charge in [0.15, 0.2) is 6.61 Å². The molecular weight excluding hydrogens is 334 g/mol. The van der Waals surface area contributed by atoms with Crippen LogP contribution in [0.3, 0.4) is 0 Å². The molecule has 3 rings (SSSR count). The summed E-state index contributed by atoms with van der Waals surface area (Å²) in [6, 6.07) is 16.6. The van der Waals surface area contributed by atoms with Crippen molar-refractivity contribution in [1.82, 2.24) is 15.5 Å². The van der Waals surface area contributed by atoms with Crippen molar-refractivity contribution in [2.45, 2.75) is 6.42 Å². The second-order valence-electron chi connectivity index (χ2n) is 5.45. The maximum atomic E-state index is 11.8. The van der Waals surface area contributed by atoms with Gasteiger partial charge < -0.3 is 19.3 Å². The minimum absolute atomic E-state index is 0.0388. The van der Waals surface area contributed by atoms with E-state index in [-0.39, 0.29) is 12.5 Å². The molecule has 0 saturated carbocycles. The number of amides is 1. The number of hydrogen-bond acceptors (Lipinski definition) is 6. The predicted octanol–water partition coefficient (Wildman–Crippen LogP) is 2.48. The Kier molecular flexibility index (Phi) is 5.82. The van der Waals surface area contributed by atoms with Gasteiger partial charge in [0.25, 0.3) is 5.91 Å². The highest BCUT2D eigenvalue weighted by Crippen LogP contribution is 2.21. The normalized spacial score (nSPS) is 10.3. The number of nitrogens with one attached hydrogen (secondary N) is 1. The summed E-state index contributed by atoms with van der Waals surface area (Å²) in [5.41, 5.74) is 0.805. The van der Waals surface area contributed by atoms with Gasteiger partial charge in [-0.2, -0.15) is 4.98 Å². The van der Waals surface area contributed by atoms with Crippen LogP contribution in [0.25, 0.3) is 11.4 Å². The Hall–Kier alpha value is -3.35. The van der Waals surface area contributed by atoms with Crippen molar-refractivity contribution in [3.05, 3.63) is 60.5 Å². The van der Waals surface area contributed by atoms with Crippen LogP contribution in [0.5, 0.6) is 11.5 Å². The molecule has 0 saturated heterocycles. The van der Waals surface area contributed by atoms with Crippen molar-refractivity contribution in [3.63, 3.8) is 0 Å². The summed E-state index contributed by atoms with van der Waals surface area (Å²) in [5.74, 6) is 2.10. The van der Waals surface area contributed by atoms with Gasteiger partial charge in [-0.1, -0.05) is 35.5 Å². The smallest absolute Gasteiger partial charge is 0.257 e. The molecule has 0 spiro atoms. The maximum absolute atomic E-state index is 11.8. The number of carbonyl (C=O) groups is 1. The molecule has 1 aromatic heterocycles. The fraction of sp³-hybridized carbons (Fsp3) is 0.211. The van der Waals surface area contributed by atoms with Crippen molar-refractivity contribution < 1.29 is 18.8 Å². The largest absolute Gasteiger partial charge is 0.497 e. The van der Waals surface area contributed by atoms with Gasteiger partial charge in [-0.25, -0.2) is 0 Å².